The average Bonchev–Trinajstić information content (AvgIpc) is 3.72. The van der Waals surface area contributed by atoms with Crippen LogP contribution in [0.2, 0.25) is 0 Å². The number of unbranched alkanes of at least 4 members (excludes halogenated alkanes) is 3. The second-order valence-electron chi connectivity index (χ2n) is 12.8. The minimum absolute atomic E-state index is 0.00590. The molecule has 2 fully saturated rings. The van der Waals surface area contributed by atoms with Crippen LogP contribution in [0.1, 0.15) is 80.1 Å². The summed E-state index contributed by atoms with van der Waals surface area (Å²) in [6.45, 7) is 14.6. The number of nitrogens with one attached hydrogen (secondary N) is 4. The second kappa shape index (κ2) is 19.1. The first-order valence-electron chi connectivity index (χ1n) is 15.8. The smallest absolute Gasteiger partial charge is 0.407 e. The molecule has 1 heterocycles. The van der Waals surface area contributed by atoms with Crippen LogP contribution in [0.5, 0.6) is 0 Å². The van der Waals surface area contributed by atoms with E-state index >= 15 is 0 Å². The van der Waals surface area contributed by atoms with Gasteiger partial charge in [0.1, 0.15) is 18.8 Å². The molecular formula is C31H55IN4O8. The van der Waals surface area contributed by atoms with Crippen molar-refractivity contribution >= 4 is 41.0 Å². The Bertz CT molecular complexity index is 940. The SMILES string of the molecule is COC1C(OC(=O)N[C@@H](COC(=O)NCCCCCCNC(=O)CNI)C(C)C)CC[C@]2(CO2)C1C(C)(C)OCC=C(C)C. The van der Waals surface area contributed by atoms with Crippen molar-refractivity contribution in [3.05, 3.63) is 11.6 Å². The summed E-state index contributed by atoms with van der Waals surface area (Å²) in [5.41, 5.74) is 0.267. The fourth-order valence-corrected chi connectivity index (χ4v) is 6.02. The van der Waals surface area contributed by atoms with Crippen molar-refractivity contribution in [2.75, 3.05) is 46.6 Å². The van der Waals surface area contributed by atoms with E-state index in [0.717, 1.165) is 32.1 Å². The highest BCUT2D eigenvalue weighted by molar-refractivity contribution is 14.1. The molecule has 5 atom stereocenters. The molecule has 2 aliphatic rings. The molecular weight excluding hydrogens is 683 g/mol. The van der Waals surface area contributed by atoms with Gasteiger partial charge in [-0.3, -0.25) is 8.32 Å². The lowest BCUT2D eigenvalue weighted by Gasteiger charge is -2.47. The lowest BCUT2D eigenvalue weighted by atomic mass is 9.68. The van der Waals surface area contributed by atoms with Crippen molar-refractivity contribution in [1.82, 2.24) is 19.5 Å². The molecule has 13 heteroatoms. The molecule has 1 spiro atoms. The molecule has 1 saturated heterocycles. The highest BCUT2D eigenvalue weighted by atomic mass is 127. The predicted molar refractivity (Wildman–Crippen MR) is 177 cm³/mol. The molecule has 1 aliphatic heterocycles. The summed E-state index contributed by atoms with van der Waals surface area (Å²) in [7, 11) is 1.63. The number of carbonyl (C=O) groups is 3. The number of hydrogen-bond donors (Lipinski definition) is 4. The number of methoxy groups -OCH3 is 1. The summed E-state index contributed by atoms with van der Waals surface area (Å²) in [4.78, 5) is 36.7. The number of epoxide rings is 1. The summed E-state index contributed by atoms with van der Waals surface area (Å²) in [6, 6.07) is -0.423. The first kappa shape index (κ1) is 38.5. The summed E-state index contributed by atoms with van der Waals surface area (Å²) < 4.78 is 32.3. The van der Waals surface area contributed by atoms with Crippen LogP contribution in [0.15, 0.2) is 11.6 Å². The first-order chi connectivity index (χ1) is 20.8. The molecule has 1 saturated carbocycles. The van der Waals surface area contributed by atoms with Crippen molar-refractivity contribution in [3.63, 3.8) is 0 Å². The van der Waals surface area contributed by atoms with E-state index in [4.69, 9.17) is 23.7 Å². The Kier molecular flexibility index (Phi) is 16.7. The molecule has 0 bridgehead atoms. The molecule has 254 valence electrons. The average molecular weight is 739 g/mol. The maximum atomic E-state index is 13.1. The third-order valence-electron chi connectivity index (χ3n) is 8.28. The van der Waals surface area contributed by atoms with Gasteiger partial charge >= 0.3 is 12.2 Å². The fraction of sp³-hybridized carbons (Fsp3) is 0.839. The number of allylic oxidation sites excluding steroid dienone is 1. The normalized spacial score (nSPS) is 23.5. The Morgan fingerprint density at radius 3 is 2.30 bits per heavy atom. The van der Waals surface area contributed by atoms with Gasteiger partial charge in [-0.1, -0.05) is 38.3 Å². The van der Waals surface area contributed by atoms with Crippen molar-refractivity contribution in [3.8, 4) is 0 Å². The van der Waals surface area contributed by atoms with Crippen LogP contribution in [-0.4, -0.2) is 94.1 Å². The minimum Gasteiger partial charge on any atom is -0.447 e. The summed E-state index contributed by atoms with van der Waals surface area (Å²) in [5, 5.41) is 8.49. The topological polar surface area (TPSA) is 149 Å². The Morgan fingerprint density at radius 1 is 1.07 bits per heavy atom. The van der Waals surface area contributed by atoms with Gasteiger partial charge in [0, 0.05) is 49.0 Å². The highest BCUT2D eigenvalue weighted by Gasteiger charge is 2.64. The highest BCUT2D eigenvalue weighted by Crippen LogP contribution is 2.52. The molecule has 3 amide bonds. The molecule has 1 aliphatic carbocycles. The molecule has 0 aromatic heterocycles. The van der Waals surface area contributed by atoms with E-state index in [-0.39, 0.29) is 30.0 Å². The maximum absolute atomic E-state index is 13.1. The van der Waals surface area contributed by atoms with Crippen molar-refractivity contribution in [2.45, 2.75) is 110 Å². The molecule has 0 aromatic carbocycles. The molecule has 0 radical (unpaired) electrons. The van der Waals surface area contributed by atoms with Gasteiger partial charge in [0.05, 0.1) is 37.0 Å². The van der Waals surface area contributed by atoms with Crippen molar-refractivity contribution in [1.29, 1.82) is 0 Å². The summed E-state index contributed by atoms with van der Waals surface area (Å²) >= 11 is 1.94. The molecule has 2 rings (SSSR count). The number of rotatable bonds is 19. The Hall–Kier alpha value is -1.68. The van der Waals surface area contributed by atoms with E-state index in [1.807, 2.05) is 70.5 Å². The van der Waals surface area contributed by atoms with E-state index in [1.165, 1.54) is 5.57 Å². The lowest BCUT2D eigenvalue weighted by molar-refractivity contribution is -0.172. The number of alkyl carbamates (subject to hydrolysis) is 2. The van der Waals surface area contributed by atoms with E-state index < -0.39 is 36.0 Å². The van der Waals surface area contributed by atoms with E-state index in [0.29, 0.717) is 39.3 Å². The van der Waals surface area contributed by atoms with Crippen LogP contribution in [0.3, 0.4) is 0 Å². The maximum Gasteiger partial charge on any atom is 0.407 e. The van der Waals surface area contributed by atoms with Crippen LogP contribution in [-0.2, 0) is 28.5 Å². The minimum atomic E-state index is -0.577. The van der Waals surface area contributed by atoms with Gasteiger partial charge in [-0.05, 0) is 59.3 Å². The molecule has 0 aromatic rings. The van der Waals surface area contributed by atoms with Gasteiger partial charge in [-0.15, -0.1) is 0 Å². The van der Waals surface area contributed by atoms with Gasteiger partial charge in [-0.2, -0.15) is 0 Å². The largest absolute Gasteiger partial charge is 0.447 e. The number of amides is 3. The third-order valence-corrected chi connectivity index (χ3v) is 8.66. The van der Waals surface area contributed by atoms with Crippen LogP contribution in [0.25, 0.3) is 0 Å². The monoisotopic (exact) mass is 738 g/mol. The zero-order valence-electron chi connectivity index (χ0n) is 27.6. The second-order valence-corrected chi connectivity index (χ2v) is 13.6. The van der Waals surface area contributed by atoms with Crippen LogP contribution in [0.4, 0.5) is 9.59 Å². The molecule has 44 heavy (non-hydrogen) atoms. The lowest BCUT2D eigenvalue weighted by Crippen LogP contribution is -2.59. The number of carbonyl (C=O) groups excluding carboxylic acids is 3. The van der Waals surface area contributed by atoms with E-state index in [2.05, 4.69) is 19.5 Å². The number of hydrogen-bond acceptors (Lipinski definition) is 9. The number of ether oxygens (including phenoxy) is 5. The summed E-state index contributed by atoms with van der Waals surface area (Å²) in [6.07, 6.45) is 5.00. The van der Waals surface area contributed by atoms with Crippen LogP contribution >= 0.6 is 22.9 Å². The predicted octanol–water partition coefficient (Wildman–Crippen LogP) is 4.40. The van der Waals surface area contributed by atoms with E-state index in [9.17, 15) is 14.4 Å². The molecule has 3 unspecified atom stereocenters. The standard InChI is InChI=1S/C31H55IN4O8/c1-21(2)13-17-42-30(5,6)27-26(40-7)24(12-14-31(27)20-43-31)44-29(39)36-23(22(3)4)19-41-28(38)34-16-11-9-8-10-15-33-25(37)18-35-32/h13,22-24,26-27,35H,8-12,14-20H2,1-7H3,(H,33,37)(H,34,38)(H,36,39)/t23-,24?,26?,27?,31-/m0/s1. The first-order valence-corrected chi connectivity index (χ1v) is 16.8. The molecule has 12 nitrogen and oxygen atoms in total. The zero-order valence-corrected chi connectivity index (χ0v) is 29.8. The van der Waals surface area contributed by atoms with Gasteiger partial charge in [0.25, 0.3) is 0 Å². The number of halogens is 1. The molecule has 4 N–H and O–H groups in total. The van der Waals surface area contributed by atoms with Crippen molar-refractivity contribution < 1.29 is 38.1 Å². The van der Waals surface area contributed by atoms with Crippen LogP contribution in [0, 0.1) is 11.8 Å². The Labute approximate surface area is 277 Å². The van der Waals surface area contributed by atoms with Gasteiger partial charge < -0.3 is 39.6 Å². The Morgan fingerprint density at radius 2 is 1.73 bits per heavy atom. The van der Waals surface area contributed by atoms with Gasteiger partial charge in [0.2, 0.25) is 5.91 Å². The van der Waals surface area contributed by atoms with Gasteiger partial charge in [0.15, 0.2) is 0 Å². The fourth-order valence-electron chi connectivity index (χ4n) is 5.68. The quantitative estimate of drug-likeness (QED) is 0.0498. The summed E-state index contributed by atoms with van der Waals surface area (Å²) in [5.74, 6) is -0.143. The van der Waals surface area contributed by atoms with Crippen LogP contribution < -0.4 is 19.5 Å². The zero-order chi connectivity index (χ0) is 32.8. The van der Waals surface area contributed by atoms with E-state index in [1.54, 1.807) is 7.11 Å². The van der Waals surface area contributed by atoms with Crippen molar-refractivity contribution in [2.24, 2.45) is 11.8 Å². The third kappa shape index (κ3) is 13.0. The Balaban J connectivity index is 1.79. The van der Waals surface area contributed by atoms with Gasteiger partial charge in [-0.25, -0.2) is 9.59 Å².